The van der Waals surface area contributed by atoms with Crippen molar-refractivity contribution < 1.29 is 4.74 Å². The first-order valence-corrected chi connectivity index (χ1v) is 9.52. The van der Waals surface area contributed by atoms with Gasteiger partial charge in [0.2, 0.25) is 0 Å². The molecule has 144 valence electrons. The molecule has 2 aromatic rings. The summed E-state index contributed by atoms with van der Waals surface area (Å²) in [5.74, 6) is 2.19. The monoisotopic (exact) mass is 488 g/mol. The average molecular weight is 488 g/mol. The van der Waals surface area contributed by atoms with Crippen molar-refractivity contribution in [2.24, 2.45) is 10.9 Å². The Labute approximate surface area is 177 Å². The fourth-order valence-electron chi connectivity index (χ4n) is 2.17. The van der Waals surface area contributed by atoms with Crippen molar-refractivity contribution in [1.29, 1.82) is 0 Å². The van der Waals surface area contributed by atoms with E-state index in [9.17, 15) is 0 Å². The van der Waals surface area contributed by atoms with Crippen LogP contribution in [0.3, 0.4) is 0 Å². The minimum absolute atomic E-state index is 0. The van der Waals surface area contributed by atoms with Gasteiger partial charge in [0, 0.05) is 24.7 Å². The molecule has 2 N–H and O–H groups in total. The standard InChI is InChI=1S/C19H28N4OS.HI/c1-5-17-11-21-18(25-17)12-23-19(20-4)22-10-15-7-6-8-16(9-15)24-13-14(2)3;/h6-9,11,14H,5,10,12-13H2,1-4H3,(H2,20,22,23);1H. The van der Waals surface area contributed by atoms with Gasteiger partial charge in [0.1, 0.15) is 10.8 Å². The van der Waals surface area contributed by atoms with Crippen LogP contribution in [0.25, 0.3) is 0 Å². The fourth-order valence-corrected chi connectivity index (χ4v) is 2.97. The third-order valence-corrected chi connectivity index (χ3v) is 4.66. The van der Waals surface area contributed by atoms with Crippen LogP contribution in [-0.4, -0.2) is 24.6 Å². The molecule has 2 rings (SSSR count). The molecule has 0 saturated heterocycles. The van der Waals surface area contributed by atoms with Crippen LogP contribution in [0.2, 0.25) is 0 Å². The Hall–Kier alpha value is -1.35. The summed E-state index contributed by atoms with van der Waals surface area (Å²) in [5, 5.41) is 7.71. The second-order valence-electron chi connectivity index (χ2n) is 6.21. The minimum Gasteiger partial charge on any atom is -0.493 e. The van der Waals surface area contributed by atoms with Crippen LogP contribution in [0.5, 0.6) is 5.75 Å². The number of aliphatic imine (C=N–C) groups is 1. The molecule has 0 spiro atoms. The molecule has 0 bridgehead atoms. The zero-order valence-corrected chi connectivity index (χ0v) is 19.1. The number of hydrogen-bond acceptors (Lipinski definition) is 4. The van der Waals surface area contributed by atoms with Gasteiger partial charge < -0.3 is 15.4 Å². The topological polar surface area (TPSA) is 58.5 Å². The molecular weight excluding hydrogens is 459 g/mol. The Bertz CT molecular complexity index is 688. The maximum absolute atomic E-state index is 5.78. The SMILES string of the molecule is CCc1cnc(CNC(=NC)NCc2cccc(OCC(C)C)c2)s1.I. The number of nitrogens with one attached hydrogen (secondary N) is 2. The Balaban J connectivity index is 0.00000338. The Kier molecular flexibility index (Phi) is 10.6. The number of hydrogen-bond donors (Lipinski definition) is 2. The second kappa shape index (κ2) is 12.1. The van der Waals surface area contributed by atoms with Crippen LogP contribution in [0.15, 0.2) is 35.5 Å². The summed E-state index contributed by atoms with van der Waals surface area (Å²) in [6, 6.07) is 8.16. The van der Waals surface area contributed by atoms with Crippen LogP contribution in [0.4, 0.5) is 0 Å². The molecule has 5 nitrogen and oxygen atoms in total. The predicted molar refractivity (Wildman–Crippen MR) is 121 cm³/mol. The number of nitrogens with zero attached hydrogens (tertiary/aromatic N) is 2. The first-order valence-electron chi connectivity index (χ1n) is 8.70. The van der Waals surface area contributed by atoms with Gasteiger partial charge in [-0.1, -0.05) is 32.9 Å². The van der Waals surface area contributed by atoms with Gasteiger partial charge in [-0.15, -0.1) is 35.3 Å². The molecule has 0 amide bonds. The molecule has 0 saturated carbocycles. The van der Waals surface area contributed by atoms with Gasteiger partial charge in [-0.25, -0.2) is 4.98 Å². The minimum atomic E-state index is 0. The lowest BCUT2D eigenvalue weighted by Crippen LogP contribution is -2.36. The molecule has 0 aliphatic heterocycles. The van der Waals surface area contributed by atoms with E-state index < -0.39 is 0 Å². The van der Waals surface area contributed by atoms with E-state index in [1.807, 2.05) is 18.3 Å². The van der Waals surface area contributed by atoms with E-state index in [1.165, 1.54) is 4.88 Å². The van der Waals surface area contributed by atoms with Crippen molar-refractivity contribution in [2.45, 2.75) is 40.3 Å². The first kappa shape index (κ1) is 22.7. The maximum atomic E-state index is 5.78. The number of aromatic nitrogens is 1. The number of benzene rings is 1. The number of aryl methyl sites for hydroxylation is 1. The van der Waals surface area contributed by atoms with E-state index in [0.29, 0.717) is 19.0 Å². The van der Waals surface area contributed by atoms with Crippen LogP contribution in [0.1, 0.15) is 36.2 Å². The van der Waals surface area contributed by atoms with Gasteiger partial charge >= 0.3 is 0 Å². The fraction of sp³-hybridized carbons (Fsp3) is 0.474. The number of guanidine groups is 1. The van der Waals surface area contributed by atoms with Crippen LogP contribution in [-0.2, 0) is 19.5 Å². The molecule has 7 heteroatoms. The van der Waals surface area contributed by atoms with E-state index in [1.54, 1.807) is 18.4 Å². The van der Waals surface area contributed by atoms with E-state index in [0.717, 1.165) is 35.3 Å². The molecule has 0 atom stereocenters. The number of thiazole rings is 1. The Morgan fingerprint density at radius 3 is 2.69 bits per heavy atom. The number of rotatable bonds is 8. The van der Waals surface area contributed by atoms with Crippen LogP contribution < -0.4 is 15.4 Å². The van der Waals surface area contributed by atoms with Crippen LogP contribution in [0, 0.1) is 5.92 Å². The zero-order valence-electron chi connectivity index (χ0n) is 15.9. The van der Waals surface area contributed by atoms with Crippen molar-refractivity contribution >= 4 is 41.3 Å². The lowest BCUT2D eigenvalue weighted by atomic mass is 10.2. The van der Waals surface area contributed by atoms with Gasteiger partial charge in [-0.2, -0.15) is 0 Å². The molecule has 0 aliphatic rings. The van der Waals surface area contributed by atoms with E-state index in [-0.39, 0.29) is 24.0 Å². The van der Waals surface area contributed by atoms with Crippen molar-refractivity contribution in [3.63, 3.8) is 0 Å². The summed E-state index contributed by atoms with van der Waals surface area (Å²) in [6.45, 7) is 8.54. The van der Waals surface area contributed by atoms with Gasteiger partial charge in [-0.3, -0.25) is 4.99 Å². The van der Waals surface area contributed by atoms with Crippen molar-refractivity contribution in [2.75, 3.05) is 13.7 Å². The number of halogens is 1. The Morgan fingerprint density at radius 2 is 2.04 bits per heavy atom. The smallest absolute Gasteiger partial charge is 0.191 e. The molecule has 0 radical (unpaired) electrons. The summed E-state index contributed by atoms with van der Waals surface area (Å²) in [6.07, 6.45) is 2.97. The molecule has 26 heavy (non-hydrogen) atoms. The van der Waals surface area contributed by atoms with Gasteiger partial charge in [-0.05, 0) is 30.0 Å². The van der Waals surface area contributed by atoms with Crippen molar-refractivity contribution in [3.8, 4) is 5.75 Å². The molecule has 0 unspecified atom stereocenters. The summed E-state index contributed by atoms with van der Waals surface area (Å²) >= 11 is 1.74. The molecule has 1 aromatic carbocycles. The van der Waals surface area contributed by atoms with Gasteiger partial charge in [0.05, 0.1) is 13.2 Å². The third kappa shape index (κ3) is 7.90. The molecule has 1 aromatic heterocycles. The average Bonchev–Trinajstić information content (AvgIpc) is 3.08. The largest absolute Gasteiger partial charge is 0.493 e. The second-order valence-corrected chi connectivity index (χ2v) is 7.41. The normalized spacial score (nSPS) is 11.2. The van der Waals surface area contributed by atoms with E-state index >= 15 is 0 Å². The van der Waals surface area contributed by atoms with Crippen molar-refractivity contribution in [3.05, 3.63) is 45.9 Å². The van der Waals surface area contributed by atoms with Gasteiger partial charge in [0.25, 0.3) is 0 Å². The van der Waals surface area contributed by atoms with Crippen molar-refractivity contribution in [1.82, 2.24) is 15.6 Å². The molecular formula is C19H29IN4OS. The predicted octanol–water partition coefficient (Wildman–Crippen LogP) is 4.22. The highest BCUT2D eigenvalue weighted by Crippen LogP contribution is 2.14. The highest BCUT2D eigenvalue weighted by atomic mass is 127. The summed E-state index contributed by atoms with van der Waals surface area (Å²) in [7, 11) is 1.77. The molecule has 0 fully saturated rings. The molecule has 0 aliphatic carbocycles. The Morgan fingerprint density at radius 1 is 1.27 bits per heavy atom. The number of ether oxygens (including phenoxy) is 1. The highest BCUT2D eigenvalue weighted by molar-refractivity contribution is 14.0. The zero-order chi connectivity index (χ0) is 18.1. The van der Waals surface area contributed by atoms with Crippen LogP contribution >= 0.6 is 35.3 Å². The summed E-state index contributed by atoms with van der Waals surface area (Å²) < 4.78 is 5.78. The molecule has 1 heterocycles. The first-order chi connectivity index (χ1) is 12.1. The summed E-state index contributed by atoms with van der Waals surface area (Å²) in [5.41, 5.74) is 1.16. The highest BCUT2D eigenvalue weighted by Gasteiger charge is 2.04. The van der Waals surface area contributed by atoms with E-state index in [2.05, 4.69) is 53.5 Å². The summed E-state index contributed by atoms with van der Waals surface area (Å²) in [4.78, 5) is 9.99. The third-order valence-electron chi connectivity index (χ3n) is 3.52. The van der Waals surface area contributed by atoms with E-state index in [4.69, 9.17) is 4.74 Å². The lowest BCUT2D eigenvalue weighted by Gasteiger charge is -2.13. The van der Waals surface area contributed by atoms with Gasteiger partial charge in [0.15, 0.2) is 5.96 Å². The maximum Gasteiger partial charge on any atom is 0.191 e. The lowest BCUT2D eigenvalue weighted by molar-refractivity contribution is 0.271. The quantitative estimate of drug-likeness (QED) is 0.332.